The number of nitrogens with two attached hydrogens (primary N) is 1. The van der Waals surface area contributed by atoms with E-state index >= 15 is 0 Å². The second-order valence-corrected chi connectivity index (χ2v) is 3.57. The molecular formula is C13H18N2O2. The topological polar surface area (TPSA) is 64.3 Å². The summed E-state index contributed by atoms with van der Waals surface area (Å²) in [4.78, 5) is 11.3. The highest BCUT2D eigenvalue weighted by atomic mass is 16.5. The molecule has 0 aliphatic rings. The third kappa shape index (κ3) is 5.17. The molecule has 3 N–H and O–H groups in total. The van der Waals surface area contributed by atoms with Gasteiger partial charge in [-0.1, -0.05) is 18.2 Å². The van der Waals surface area contributed by atoms with Gasteiger partial charge in [-0.15, -0.1) is 6.58 Å². The summed E-state index contributed by atoms with van der Waals surface area (Å²) in [5.41, 5.74) is 6.58. The molecule has 0 bridgehead atoms. The number of ether oxygens (including phenoxy) is 1. The molecule has 4 heteroatoms. The summed E-state index contributed by atoms with van der Waals surface area (Å²) < 4.78 is 5.36. The molecule has 0 fully saturated rings. The molecule has 0 aliphatic carbocycles. The van der Waals surface area contributed by atoms with Crippen LogP contribution in [0.15, 0.2) is 36.9 Å². The zero-order valence-electron chi connectivity index (χ0n) is 9.82. The smallest absolute Gasteiger partial charge is 0.258 e. The molecule has 0 unspecified atom stereocenters. The molecule has 1 rings (SSSR count). The number of amides is 1. The van der Waals surface area contributed by atoms with Gasteiger partial charge >= 0.3 is 0 Å². The molecule has 0 aliphatic heterocycles. The molecular weight excluding hydrogens is 216 g/mol. The van der Waals surface area contributed by atoms with Crippen molar-refractivity contribution < 1.29 is 9.53 Å². The van der Waals surface area contributed by atoms with Crippen molar-refractivity contribution in [1.29, 1.82) is 0 Å². The third-order valence-electron chi connectivity index (χ3n) is 2.14. The van der Waals surface area contributed by atoms with Crippen LogP contribution >= 0.6 is 0 Å². The fraction of sp³-hybridized carbons (Fsp3) is 0.308. The number of nitrogens with one attached hydrogen (secondary N) is 1. The molecule has 17 heavy (non-hydrogen) atoms. The van der Waals surface area contributed by atoms with Crippen LogP contribution in [0.1, 0.15) is 5.56 Å². The molecule has 0 aromatic heterocycles. The van der Waals surface area contributed by atoms with Crippen molar-refractivity contribution in [3.05, 3.63) is 42.5 Å². The largest absolute Gasteiger partial charge is 0.484 e. The predicted molar refractivity (Wildman–Crippen MR) is 67.9 cm³/mol. The van der Waals surface area contributed by atoms with E-state index in [-0.39, 0.29) is 12.5 Å². The fourth-order valence-electron chi connectivity index (χ4n) is 1.34. The van der Waals surface area contributed by atoms with Gasteiger partial charge in [-0.25, -0.2) is 0 Å². The Hall–Kier alpha value is -1.81. The van der Waals surface area contributed by atoms with Gasteiger partial charge in [0.2, 0.25) is 0 Å². The van der Waals surface area contributed by atoms with Crippen molar-refractivity contribution in [2.75, 3.05) is 19.7 Å². The van der Waals surface area contributed by atoms with Crippen LogP contribution in [0.2, 0.25) is 0 Å². The van der Waals surface area contributed by atoms with Crippen LogP contribution in [0.4, 0.5) is 0 Å². The molecule has 1 aromatic rings. The average molecular weight is 234 g/mol. The number of hydrogen-bond donors (Lipinski definition) is 2. The van der Waals surface area contributed by atoms with Gasteiger partial charge in [-0.2, -0.15) is 0 Å². The first-order valence-corrected chi connectivity index (χ1v) is 5.55. The maximum Gasteiger partial charge on any atom is 0.258 e. The Bertz CT molecular complexity index is 377. The van der Waals surface area contributed by atoms with Crippen LogP contribution in [0.3, 0.4) is 0 Å². The normalized spacial score (nSPS) is 9.71. The van der Waals surface area contributed by atoms with E-state index in [9.17, 15) is 4.79 Å². The lowest BCUT2D eigenvalue weighted by atomic mass is 10.1. The molecule has 0 saturated heterocycles. The van der Waals surface area contributed by atoms with Crippen LogP contribution in [-0.2, 0) is 11.2 Å². The van der Waals surface area contributed by atoms with Gasteiger partial charge < -0.3 is 15.8 Å². The van der Waals surface area contributed by atoms with E-state index in [1.54, 1.807) is 6.08 Å². The van der Waals surface area contributed by atoms with Gasteiger partial charge in [0.1, 0.15) is 5.75 Å². The first-order valence-electron chi connectivity index (χ1n) is 5.55. The van der Waals surface area contributed by atoms with E-state index < -0.39 is 0 Å². The molecule has 1 amide bonds. The maximum atomic E-state index is 11.3. The van der Waals surface area contributed by atoms with Gasteiger partial charge in [0.05, 0.1) is 0 Å². The monoisotopic (exact) mass is 234 g/mol. The van der Waals surface area contributed by atoms with Crippen molar-refractivity contribution in [3.8, 4) is 5.75 Å². The standard InChI is InChI=1S/C13H18N2O2/c1-2-8-15-13(16)10-17-12-5-3-4-11(9-12)6-7-14/h2-5,9H,1,6-8,10,14H2,(H,15,16). The van der Waals surface area contributed by atoms with E-state index in [0.717, 1.165) is 12.0 Å². The fourth-order valence-corrected chi connectivity index (χ4v) is 1.34. The van der Waals surface area contributed by atoms with Crippen molar-refractivity contribution in [3.63, 3.8) is 0 Å². The highest BCUT2D eigenvalue weighted by molar-refractivity contribution is 5.77. The quantitative estimate of drug-likeness (QED) is 0.688. The molecule has 0 spiro atoms. The molecule has 4 nitrogen and oxygen atoms in total. The number of carbonyl (C=O) groups excluding carboxylic acids is 1. The number of hydrogen-bond acceptors (Lipinski definition) is 3. The Morgan fingerprint density at radius 2 is 2.35 bits per heavy atom. The van der Waals surface area contributed by atoms with Crippen LogP contribution in [0, 0.1) is 0 Å². The predicted octanol–water partition coefficient (Wildman–Crippen LogP) is 0.869. The first-order chi connectivity index (χ1) is 8.26. The average Bonchev–Trinajstić information content (AvgIpc) is 2.35. The molecule has 0 heterocycles. The minimum absolute atomic E-state index is 0.0138. The summed E-state index contributed by atoms with van der Waals surface area (Å²) in [6.45, 7) is 4.58. The first kappa shape index (κ1) is 13.3. The Balaban J connectivity index is 2.42. The molecule has 0 atom stereocenters. The van der Waals surface area contributed by atoms with E-state index in [4.69, 9.17) is 10.5 Å². The number of carbonyl (C=O) groups is 1. The van der Waals surface area contributed by atoms with Crippen LogP contribution in [-0.4, -0.2) is 25.6 Å². The van der Waals surface area contributed by atoms with Crippen LogP contribution in [0.5, 0.6) is 5.75 Å². The number of benzene rings is 1. The lowest BCUT2D eigenvalue weighted by Gasteiger charge is -2.07. The second-order valence-electron chi connectivity index (χ2n) is 3.57. The van der Waals surface area contributed by atoms with E-state index in [2.05, 4.69) is 11.9 Å². The minimum Gasteiger partial charge on any atom is -0.484 e. The van der Waals surface area contributed by atoms with Crippen molar-refractivity contribution in [1.82, 2.24) is 5.32 Å². The highest BCUT2D eigenvalue weighted by Crippen LogP contribution is 2.13. The zero-order valence-corrected chi connectivity index (χ0v) is 9.82. The zero-order chi connectivity index (χ0) is 12.5. The van der Waals surface area contributed by atoms with E-state index in [0.29, 0.717) is 18.8 Å². The Morgan fingerprint density at radius 1 is 1.53 bits per heavy atom. The van der Waals surface area contributed by atoms with Crippen LogP contribution in [0.25, 0.3) is 0 Å². The maximum absolute atomic E-state index is 11.3. The Morgan fingerprint density at radius 3 is 3.06 bits per heavy atom. The summed E-state index contributed by atoms with van der Waals surface area (Å²) in [5, 5.41) is 2.64. The van der Waals surface area contributed by atoms with Crippen molar-refractivity contribution >= 4 is 5.91 Å². The van der Waals surface area contributed by atoms with Gasteiger partial charge in [-0.05, 0) is 30.7 Å². The summed E-state index contributed by atoms with van der Waals surface area (Å²) in [5.74, 6) is 0.527. The molecule has 0 saturated carbocycles. The molecule has 0 radical (unpaired) electrons. The third-order valence-corrected chi connectivity index (χ3v) is 2.14. The summed E-state index contributed by atoms with van der Waals surface area (Å²) in [7, 11) is 0. The van der Waals surface area contributed by atoms with Crippen LogP contribution < -0.4 is 15.8 Å². The SMILES string of the molecule is C=CCNC(=O)COc1cccc(CCN)c1. The van der Waals surface area contributed by atoms with E-state index in [1.807, 2.05) is 24.3 Å². The molecule has 1 aromatic carbocycles. The number of rotatable bonds is 7. The molecule has 92 valence electrons. The minimum atomic E-state index is -0.158. The summed E-state index contributed by atoms with van der Waals surface area (Å²) in [6.07, 6.45) is 2.43. The highest BCUT2D eigenvalue weighted by Gasteiger charge is 2.01. The van der Waals surface area contributed by atoms with Gasteiger partial charge in [0.15, 0.2) is 6.61 Å². The van der Waals surface area contributed by atoms with Gasteiger partial charge in [0.25, 0.3) is 5.91 Å². The summed E-state index contributed by atoms with van der Waals surface area (Å²) >= 11 is 0. The van der Waals surface area contributed by atoms with Crippen molar-refractivity contribution in [2.45, 2.75) is 6.42 Å². The summed E-state index contributed by atoms with van der Waals surface area (Å²) in [6, 6.07) is 7.59. The van der Waals surface area contributed by atoms with Crippen molar-refractivity contribution in [2.24, 2.45) is 5.73 Å². The lowest BCUT2D eigenvalue weighted by molar-refractivity contribution is -0.122. The van der Waals surface area contributed by atoms with Gasteiger partial charge in [-0.3, -0.25) is 4.79 Å². The van der Waals surface area contributed by atoms with E-state index in [1.165, 1.54) is 0 Å². The Labute approximate surface area is 101 Å². The Kier molecular flexibility index (Phi) is 5.82. The lowest BCUT2D eigenvalue weighted by Crippen LogP contribution is -2.28. The second kappa shape index (κ2) is 7.46. The van der Waals surface area contributed by atoms with Gasteiger partial charge in [0, 0.05) is 6.54 Å².